The number of nitrogens with zero attached hydrogens (tertiary/aromatic N) is 4. The molecule has 0 bridgehead atoms. The van der Waals surface area contributed by atoms with Crippen LogP contribution < -0.4 is 10.4 Å². The Labute approximate surface area is 146 Å². The van der Waals surface area contributed by atoms with Crippen LogP contribution >= 0.6 is 11.6 Å². The van der Waals surface area contributed by atoms with Gasteiger partial charge in [0.05, 0.1) is 6.42 Å². The van der Waals surface area contributed by atoms with Gasteiger partial charge in [-0.15, -0.1) is 0 Å². The van der Waals surface area contributed by atoms with Crippen molar-refractivity contribution in [2.45, 2.75) is 20.3 Å². The number of halogens is 1. The highest BCUT2D eigenvalue weighted by atomic mass is 35.5. The molecule has 0 atom stereocenters. The molecule has 1 amide bonds. The Balaban J connectivity index is 2.15. The summed E-state index contributed by atoms with van der Waals surface area (Å²) in [5, 5.41) is 11.1. The number of benzene rings is 1. The lowest BCUT2D eigenvalue weighted by atomic mass is 10.1. The van der Waals surface area contributed by atoms with Gasteiger partial charge in [0.15, 0.2) is 5.82 Å². The summed E-state index contributed by atoms with van der Waals surface area (Å²) < 4.78 is 0. The molecule has 0 fully saturated rings. The van der Waals surface area contributed by atoms with Crippen LogP contribution in [0.5, 0.6) is 0 Å². The minimum atomic E-state index is -0.208. The second kappa shape index (κ2) is 8.27. The van der Waals surface area contributed by atoms with Crippen molar-refractivity contribution in [2.24, 2.45) is 5.92 Å². The summed E-state index contributed by atoms with van der Waals surface area (Å²) in [5.41, 5.74) is 3.58. The van der Waals surface area contributed by atoms with E-state index in [2.05, 4.69) is 15.4 Å². The van der Waals surface area contributed by atoms with Gasteiger partial charge in [0, 0.05) is 23.8 Å². The highest BCUT2D eigenvalue weighted by Gasteiger charge is 2.15. The third-order valence-corrected chi connectivity index (χ3v) is 3.50. The number of anilines is 1. The highest BCUT2D eigenvalue weighted by Crippen LogP contribution is 2.16. The molecular weight excluding hydrogens is 326 g/mol. The van der Waals surface area contributed by atoms with Crippen LogP contribution in [0, 0.1) is 17.2 Å². The minimum absolute atomic E-state index is 0.0570. The molecule has 0 saturated heterocycles. The van der Waals surface area contributed by atoms with Crippen LogP contribution in [-0.2, 0) is 11.2 Å². The van der Waals surface area contributed by atoms with Crippen LogP contribution in [0.3, 0.4) is 0 Å². The molecule has 7 heteroatoms. The maximum absolute atomic E-state index is 12.4. The van der Waals surface area contributed by atoms with Crippen LogP contribution in [-0.4, -0.2) is 22.4 Å². The molecule has 0 aliphatic carbocycles. The normalized spacial score (nSPS) is 10.3. The van der Waals surface area contributed by atoms with Gasteiger partial charge in [-0.25, -0.2) is 4.98 Å². The Morgan fingerprint density at radius 2 is 2.12 bits per heavy atom. The van der Waals surface area contributed by atoms with Crippen molar-refractivity contribution in [3.8, 4) is 6.07 Å². The van der Waals surface area contributed by atoms with Crippen molar-refractivity contribution >= 4 is 23.3 Å². The molecule has 1 heterocycles. The SMILES string of the molecule is CC(C)CN(NC(=O)Cc1ccccc1Cl)c1ccnc(C#N)n1. The van der Waals surface area contributed by atoms with E-state index in [4.69, 9.17) is 16.9 Å². The van der Waals surface area contributed by atoms with Crippen molar-refractivity contribution in [1.29, 1.82) is 5.26 Å². The van der Waals surface area contributed by atoms with Crippen LogP contribution in [0.2, 0.25) is 5.02 Å². The number of aromatic nitrogens is 2. The molecule has 0 spiro atoms. The number of hydrogen-bond donors (Lipinski definition) is 1. The monoisotopic (exact) mass is 343 g/mol. The standard InChI is InChI=1S/C17H18ClN5O/c1-12(2)11-23(16-7-8-20-15(10-19)21-16)22-17(24)9-13-5-3-4-6-14(13)18/h3-8,12H,9,11H2,1-2H3,(H,22,24). The summed E-state index contributed by atoms with van der Waals surface area (Å²) in [6.07, 6.45) is 1.65. The smallest absolute Gasteiger partial charge is 0.243 e. The van der Waals surface area contributed by atoms with Crippen molar-refractivity contribution in [2.75, 3.05) is 11.6 Å². The predicted octanol–water partition coefficient (Wildman–Crippen LogP) is 2.74. The molecular formula is C17H18ClN5O. The second-order valence-electron chi connectivity index (χ2n) is 5.66. The average molecular weight is 344 g/mol. The van der Waals surface area contributed by atoms with E-state index >= 15 is 0 Å². The molecule has 6 nitrogen and oxygen atoms in total. The van der Waals surface area contributed by atoms with E-state index in [-0.39, 0.29) is 24.1 Å². The molecule has 124 valence electrons. The van der Waals surface area contributed by atoms with Crippen LogP contribution in [0.25, 0.3) is 0 Å². The van der Waals surface area contributed by atoms with E-state index in [1.54, 1.807) is 17.1 Å². The number of amides is 1. The van der Waals surface area contributed by atoms with Crippen molar-refractivity contribution in [3.63, 3.8) is 0 Å². The largest absolute Gasteiger partial charge is 0.273 e. The van der Waals surface area contributed by atoms with E-state index in [0.29, 0.717) is 17.4 Å². The molecule has 1 aromatic heterocycles. The first kappa shape index (κ1) is 17.7. The Kier molecular flexibility index (Phi) is 6.10. The van der Waals surface area contributed by atoms with E-state index in [1.165, 1.54) is 6.20 Å². The Morgan fingerprint density at radius 1 is 1.38 bits per heavy atom. The fourth-order valence-electron chi connectivity index (χ4n) is 2.12. The number of nitrogens with one attached hydrogen (secondary N) is 1. The minimum Gasteiger partial charge on any atom is -0.273 e. The second-order valence-corrected chi connectivity index (χ2v) is 6.07. The number of carbonyl (C=O) groups is 1. The molecule has 0 aliphatic heterocycles. The number of rotatable bonds is 6. The summed E-state index contributed by atoms with van der Waals surface area (Å²) in [5.74, 6) is 0.608. The fraction of sp³-hybridized carbons (Fsp3) is 0.294. The van der Waals surface area contributed by atoms with Crippen LogP contribution in [0.1, 0.15) is 25.2 Å². The number of carbonyl (C=O) groups excluding carboxylic acids is 1. The molecule has 24 heavy (non-hydrogen) atoms. The molecule has 1 aromatic carbocycles. The van der Waals surface area contributed by atoms with Crippen LogP contribution in [0.15, 0.2) is 36.5 Å². The van der Waals surface area contributed by atoms with Gasteiger partial charge in [-0.05, 0) is 17.5 Å². The zero-order valence-electron chi connectivity index (χ0n) is 13.5. The van der Waals surface area contributed by atoms with Gasteiger partial charge in [0.2, 0.25) is 11.7 Å². The highest BCUT2D eigenvalue weighted by molar-refractivity contribution is 6.31. The van der Waals surface area contributed by atoms with Gasteiger partial charge in [0.25, 0.3) is 0 Å². The molecule has 0 unspecified atom stereocenters. The summed E-state index contributed by atoms with van der Waals surface area (Å²) in [6.45, 7) is 4.61. The first-order chi connectivity index (χ1) is 11.5. The Morgan fingerprint density at radius 3 is 2.79 bits per heavy atom. The first-order valence-corrected chi connectivity index (χ1v) is 7.91. The number of nitriles is 1. The molecule has 2 rings (SSSR count). The molecule has 1 N–H and O–H groups in total. The van der Waals surface area contributed by atoms with E-state index in [9.17, 15) is 4.79 Å². The summed E-state index contributed by atoms with van der Waals surface area (Å²) in [4.78, 5) is 20.3. The van der Waals surface area contributed by atoms with E-state index < -0.39 is 0 Å². The zero-order chi connectivity index (χ0) is 17.5. The third-order valence-electron chi connectivity index (χ3n) is 3.13. The molecule has 0 radical (unpaired) electrons. The van der Waals surface area contributed by atoms with Gasteiger partial charge in [0.1, 0.15) is 6.07 Å². The van der Waals surface area contributed by atoms with Crippen molar-refractivity contribution in [3.05, 3.63) is 52.9 Å². The van der Waals surface area contributed by atoms with E-state index in [0.717, 1.165) is 5.56 Å². The van der Waals surface area contributed by atoms with Gasteiger partial charge in [-0.1, -0.05) is 43.6 Å². The predicted molar refractivity (Wildman–Crippen MR) is 92.2 cm³/mol. The van der Waals surface area contributed by atoms with Crippen molar-refractivity contribution in [1.82, 2.24) is 15.4 Å². The summed E-state index contributed by atoms with van der Waals surface area (Å²) in [7, 11) is 0. The average Bonchev–Trinajstić information content (AvgIpc) is 2.56. The van der Waals surface area contributed by atoms with Gasteiger partial charge in [-0.3, -0.25) is 15.2 Å². The molecule has 0 saturated carbocycles. The maximum atomic E-state index is 12.4. The summed E-state index contributed by atoms with van der Waals surface area (Å²) >= 11 is 6.10. The lowest BCUT2D eigenvalue weighted by molar-refractivity contribution is -0.120. The van der Waals surface area contributed by atoms with Gasteiger partial charge >= 0.3 is 0 Å². The lowest BCUT2D eigenvalue weighted by Gasteiger charge is -2.26. The van der Waals surface area contributed by atoms with Gasteiger partial charge in [-0.2, -0.15) is 10.2 Å². The summed E-state index contributed by atoms with van der Waals surface area (Å²) in [6, 6.07) is 10.8. The lowest BCUT2D eigenvalue weighted by Crippen LogP contribution is -2.45. The maximum Gasteiger partial charge on any atom is 0.243 e. The molecule has 2 aromatic rings. The van der Waals surface area contributed by atoms with E-state index in [1.807, 2.05) is 38.1 Å². The van der Waals surface area contributed by atoms with Crippen LogP contribution in [0.4, 0.5) is 5.82 Å². The third kappa shape index (κ3) is 4.93. The number of hydrogen-bond acceptors (Lipinski definition) is 5. The Hall–Kier alpha value is -2.65. The zero-order valence-corrected chi connectivity index (χ0v) is 14.3. The van der Waals surface area contributed by atoms with Gasteiger partial charge < -0.3 is 0 Å². The quantitative estimate of drug-likeness (QED) is 0.815. The Bertz CT molecular complexity index is 757. The molecule has 0 aliphatic rings. The number of hydrazine groups is 1. The topological polar surface area (TPSA) is 81.9 Å². The fourth-order valence-corrected chi connectivity index (χ4v) is 2.32. The van der Waals surface area contributed by atoms with Crippen molar-refractivity contribution < 1.29 is 4.79 Å². The first-order valence-electron chi connectivity index (χ1n) is 7.53.